The van der Waals surface area contributed by atoms with Gasteiger partial charge in [-0.05, 0) is 36.0 Å². The summed E-state index contributed by atoms with van der Waals surface area (Å²) in [5.41, 5.74) is 2.79. The molecule has 0 radical (unpaired) electrons. The minimum absolute atomic E-state index is 0.578. The molecular weight excluding hydrogens is 134 g/mol. The van der Waals surface area contributed by atoms with Crippen LogP contribution in [0.25, 0.3) is 0 Å². The molecular formula is C10H11N. The van der Waals surface area contributed by atoms with E-state index in [1.807, 2.05) is 6.08 Å². The van der Waals surface area contributed by atoms with Gasteiger partial charge in [0.25, 0.3) is 0 Å². The lowest BCUT2D eigenvalue weighted by atomic mass is 9.94. The predicted octanol–water partition coefficient (Wildman–Crippen LogP) is 2.47. The lowest BCUT2D eigenvalue weighted by Gasteiger charge is -2.11. The van der Waals surface area contributed by atoms with Crippen molar-refractivity contribution in [2.45, 2.75) is 12.8 Å². The Morgan fingerprint density at radius 3 is 2.82 bits per heavy atom. The van der Waals surface area contributed by atoms with E-state index in [0.29, 0.717) is 11.6 Å². The predicted molar refractivity (Wildman–Crippen MR) is 46.8 cm³/mol. The van der Waals surface area contributed by atoms with Crippen LogP contribution in [-0.2, 0) is 0 Å². The van der Waals surface area contributed by atoms with Crippen LogP contribution in [0.15, 0.2) is 36.0 Å². The quantitative estimate of drug-likeness (QED) is 0.586. The van der Waals surface area contributed by atoms with Crippen molar-refractivity contribution in [1.29, 1.82) is 5.41 Å². The summed E-state index contributed by atoms with van der Waals surface area (Å²) >= 11 is 0. The Bertz CT molecular complexity index is 277. The van der Waals surface area contributed by atoms with E-state index < -0.39 is 0 Å². The molecule has 0 aromatic heterocycles. The van der Waals surface area contributed by atoms with E-state index in [9.17, 15) is 0 Å². The van der Waals surface area contributed by atoms with E-state index in [1.165, 1.54) is 18.4 Å². The second kappa shape index (κ2) is 2.19. The summed E-state index contributed by atoms with van der Waals surface area (Å²) < 4.78 is 0. The van der Waals surface area contributed by atoms with Gasteiger partial charge < -0.3 is 5.41 Å². The highest BCUT2D eigenvalue weighted by Gasteiger charge is 2.28. The van der Waals surface area contributed by atoms with Crippen molar-refractivity contribution in [1.82, 2.24) is 0 Å². The number of hydrogen-bond donors (Lipinski definition) is 1. The van der Waals surface area contributed by atoms with Gasteiger partial charge in [-0.3, -0.25) is 0 Å². The zero-order valence-corrected chi connectivity index (χ0v) is 6.43. The molecule has 1 nitrogen and oxygen atoms in total. The fourth-order valence-corrected chi connectivity index (χ4v) is 1.38. The Balaban J connectivity index is 2.30. The SMILES string of the molecule is C=C1C(=N)C=CC=C1C1CC1. The van der Waals surface area contributed by atoms with Gasteiger partial charge in [-0.1, -0.05) is 18.7 Å². The second-order valence-corrected chi connectivity index (χ2v) is 3.15. The van der Waals surface area contributed by atoms with Gasteiger partial charge in [0, 0.05) is 0 Å². The van der Waals surface area contributed by atoms with Gasteiger partial charge in [-0.15, -0.1) is 0 Å². The van der Waals surface area contributed by atoms with Crippen molar-refractivity contribution in [2.24, 2.45) is 5.92 Å². The van der Waals surface area contributed by atoms with Crippen LogP contribution >= 0.6 is 0 Å². The first-order chi connectivity index (χ1) is 5.29. The minimum atomic E-state index is 0.578. The normalized spacial score (nSPS) is 23.8. The summed E-state index contributed by atoms with van der Waals surface area (Å²) in [6, 6.07) is 0. The fourth-order valence-electron chi connectivity index (χ4n) is 1.38. The molecule has 0 aromatic rings. The van der Waals surface area contributed by atoms with Crippen molar-refractivity contribution >= 4 is 5.71 Å². The highest BCUT2D eigenvalue weighted by molar-refractivity contribution is 6.10. The molecule has 11 heavy (non-hydrogen) atoms. The highest BCUT2D eigenvalue weighted by atomic mass is 14.4. The lowest BCUT2D eigenvalue weighted by molar-refractivity contribution is 1.03. The molecule has 0 amide bonds. The molecule has 0 aromatic carbocycles. The third kappa shape index (κ3) is 1.07. The Hall–Kier alpha value is -1.11. The van der Waals surface area contributed by atoms with Crippen LogP contribution < -0.4 is 0 Å². The summed E-state index contributed by atoms with van der Waals surface area (Å²) in [5.74, 6) is 0.716. The van der Waals surface area contributed by atoms with Gasteiger partial charge in [0.05, 0.1) is 5.71 Å². The summed E-state index contributed by atoms with van der Waals surface area (Å²) in [4.78, 5) is 0. The van der Waals surface area contributed by atoms with Crippen LogP contribution in [0.4, 0.5) is 0 Å². The fraction of sp³-hybridized carbons (Fsp3) is 0.300. The maximum atomic E-state index is 7.52. The maximum Gasteiger partial charge on any atom is 0.0609 e. The monoisotopic (exact) mass is 145 g/mol. The van der Waals surface area contributed by atoms with Gasteiger partial charge in [0.1, 0.15) is 0 Å². The maximum absolute atomic E-state index is 7.52. The van der Waals surface area contributed by atoms with Crippen molar-refractivity contribution in [3.8, 4) is 0 Å². The summed E-state index contributed by atoms with van der Waals surface area (Å²) in [5, 5.41) is 7.52. The van der Waals surface area contributed by atoms with Gasteiger partial charge in [0.15, 0.2) is 0 Å². The van der Waals surface area contributed by atoms with Crippen LogP contribution in [0, 0.1) is 11.3 Å². The zero-order valence-electron chi connectivity index (χ0n) is 6.43. The Morgan fingerprint density at radius 1 is 1.45 bits per heavy atom. The van der Waals surface area contributed by atoms with Crippen LogP contribution in [0.3, 0.4) is 0 Å². The molecule has 1 heteroatoms. The molecule has 1 saturated carbocycles. The third-order valence-corrected chi connectivity index (χ3v) is 2.23. The number of allylic oxidation sites excluding steroid dienone is 5. The second-order valence-electron chi connectivity index (χ2n) is 3.15. The Kier molecular flexibility index (Phi) is 1.31. The highest BCUT2D eigenvalue weighted by Crippen LogP contribution is 2.40. The van der Waals surface area contributed by atoms with Crippen LogP contribution in [0.2, 0.25) is 0 Å². The molecule has 0 unspecified atom stereocenters. The van der Waals surface area contributed by atoms with Gasteiger partial charge in [-0.25, -0.2) is 0 Å². The molecule has 0 heterocycles. The molecule has 2 rings (SSSR count). The van der Waals surface area contributed by atoms with E-state index in [2.05, 4.69) is 12.7 Å². The molecule has 2 aliphatic rings. The van der Waals surface area contributed by atoms with Gasteiger partial charge >= 0.3 is 0 Å². The van der Waals surface area contributed by atoms with Crippen LogP contribution in [-0.4, -0.2) is 5.71 Å². The first kappa shape index (κ1) is 6.59. The van der Waals surface area contributed by atoms with E-state index >= 15 is 0 Å². The van der Waals surface area contributed by atoms with Gasteiger partial charge in [0.2, 0.25) is 0 Å². The largest absolute Gasteiger partial charge is 0.300 e. The molecule has 2 aliphatic carbocycles. The Labute approximate surface area is 66.6 Å². The summed E-state index contributed by atoms with van der Waals surface area (Å²) in [7, 11) is 0. The van der Waals surface area contributed by atoms with E-state index in [1.54, 1.807) is 6.08 Å². The number of rotatable bonds is 1. The molecule has 1 N–H and O–H groups in total. The van der Waals surface area contributed by atoms with Crippen molar-refractivity contribution in [3.05, 3.63) is 36.0 Å². The zero-order chi connectivity index (χ0) is 7.84. The summed E-state index contributed by atoms with van der Waals surface area (Å²) in [6.07, 6.45) is 8.41. The molecule has 0 aliphatic heterocycles. The van der Waals surface area contributed by atoms with E-state index in [-0.39, 0.29) is 0 Å². The van der Waals surface area contributed by atoms with Crippen molar-refractivity contribution < 1.29 is 0 Å². The average molecular weight is 145 g/mol. The molecule has 1 fully saturated rings. The number of hydrogen-bond acceptors (Lipinski definition) is 1. The van der Waals surface area contributed by atoms with E-state index in [4.69, 9.17) is 5.41 Å². The molecule has 0 atom stereocenters. The lowest BCUT2D eigenvalue weighted by Crippen LogP contribution is -2.04. The van der Waals surface area contributed by atoms with Crippen molar-refractivity contribution in [3.63, 3.8) is 0 Å². The molecule has 56 valence electrons. The van der Waals surface area contributed by atoms with Gasteiger partial charge in [-0.2, -0.15) is 0 Å². The standard InChI is InChI=1S/C10H11N/c1-7-9(8-5-6-8)3-2-4-10(7)11/h2-4,8,11H,1,5-6H2. The minimum Gasteiger partial charge on any atom is -0.300 e. The molecule has 0 bridgehead atoms. The van der Waals surface area contributed by atoms with Crippen molar-refractivity contribution in [2.75, 3.05) is 0 Å². The average Bonchev–Trinajstić information content (AvgIpc) is 2.77. The van der Waals surface area contributed by atoms with Crippen LogP contribution in [0.1, 0.15) is 12.8 Å². The topological polar surface area (TPSA) is 23.9 Å². The molecule has 0 spiro atoms. The number of nitrogens with one attached hydrogen (secondary N) is 1. The molecule has 0 saturated heterocycles. The first-order valence-electron chi connectivity index (χ1n) is 3.95. The first-order valence-corrected chi connectivity index (χ1v) is 3.95. The third-order valence-electron chi connectivity index (χ3n) is 2.23. The van der Waals surface area contributed by atoms with E-state index in [0.717, 1.165) is 5.57 Å². The van der Waals surface area contributed by atoms with Crippen LogP contribution in [0.5, 0.6) is 0 Å². The smallest absolute Gasteiger partial charge is 0.0609 e. The summed E-state index contributed by atoms with van der Waals surface area (Å²) in [6.45, 7) is 3.89. The Morgan fingerprint density at radius 2 is 2.18 bits per heavy atom.